The molecule has 16 heteroatoms. The molecule has 0 saturated carbocycles. The van der Waals surface area contributed by atoms with E-state index in [0.29, 0.717) is 12.0 Å². The summed E-state index contributed by atoms with van der Waals surface area (Å²) in [6.07, 6.45) is 0.974. The van der Waals surface area contributed by atoms with Gasteiger partial charge < -0.3 is 54.8 Å². The molecule has 0 aliphatic rings. The Labute approximate surface area is 231 Å². The van der Waals surface area contributed by atoms with Crippen LogP contribution in [0.3, 0.4) is 0 Å². The number of aliphatic hydroxyl groups excluding tert-OH is 1. The number of rotatable bonds is 18. The molecule has 16 nitrogen and oxygen atoms in total. The fourth-order valence-electron chi connectivity index (χ4n) is 3.49. The maximum atomic E-state index is 13.0. The zero-order valence-corrected chi connectivity index (χ0v) is 22.2. The topological polar surface area (TPSA) is 300 Å². The molecule has 1 rings (SSSR count). The molecule has 4 atom stereocenters. The van der Waals surface area contributed by atoms with E-state index in [-0.39, 0.29) is 50.7 Å². The maximum Gasteiger partial charge on any atom is 0.326 e. The quantitative estimate of drug-likeness (QED) is 0.0468. The number of hydrogen-bond acceptors (Lipinski definition) is 8. The summed E-state index contributed by atoms with van der Waals surface area (Å²) in [6.45, 7) is -0.398. The third-order valence-electron chi connectivity index (χ3n) is 5.60. The van der Waals surface area contributed by atoms with E-state index < -0.39 is 54.5 Å². The molecule has 3 amide bonds. The Bertz CT molecular complexity index is 1030. The second kappa shape index (κ2) is 18.0. The molecule has 0 aromatic heterocycles. The molecule has 1 aromatic carbocycles. The lowest BCUT2D eigenvalue weighted by molar-refractivity contribution is -0.142. The predicted molar refractivity (Wildman–Crippen MR) is 148 cm³/mol. The number of aliphatic imine (C=N–C) groups is 2. The first-order valence-electron chi connectivity index (χ1n) is 12.6. The first-order chi connectivity index (χ1) is 18.9. The van der Waals surface area contributed by atoms with E-state index >= 15 is 0 Å². The highest BCUT2D eigenvalue weighted by atomic mass is 16.4. The summed E-state index contributed by atoms with van der Waals surface area (Å²) in [4.78, 5) is 57.8. The maximum absolute atomic E-state index is 13.0. The smallest absolute Gasteiger partial charge is 0.326 e. The van der Waals surface area contributed by atoms with Crippen molar-refractivity contribution in [3.05, 3.63) is 35.9 Å². The normalized spacial score (nSPS) is 13.6. The van der Waals surface area contributed by atoms with Crippen LogP contribution in [0.15, 0.2) is 40.3 Å². The number of nitrogens with two attached hydrogens (primary N) is 5. The summed E-state index contributed by atoms with van der Waals surface area (Å²) in [5.74, 6) is -3.87. The van der Waals surface area contributed by atoms with E-state index in [1.807, 2.05) is 0 Å². The van der Waals surface area contributed by atoms with Gasteiger partial charge in [0.25, 0.3) is 0 Å². The van der Waals surface area contributed by atoms with Gasteiger partial charge in [-0.25, -0.2) is 4.79 Å². The molecule has 0 spiro atoms. The molecule has 0 radical (unpaired) electrons. The van der Waals surface area contributed by atoms with Gasteiger partial charge in [0, 0.05) is 19.5 Å². The van der Waals surface area contributed by atoms with E-state index in [1.54, 1.807) is 30.3 Å². The van der Waals surface area contributed by atoms with Crippen LogP contribution in [0.4, 0.5) is 0 Å². The molecule has 1 aromatic rings. The largest absolute Gasteiger partial charge is 0.480 e. The minimum absolute atomic E-state index is 0.0153. The monoisotopic (exact) mass is 564 g/mol. The van der Waals surface area contributed by atoms with Crippen molar-refractivity contribution in [3.8, 4) is 0 Å². The molecule has 15 N–H and O–H groups in total. The number of carboxylic acids is 1. The van der Waals surface area contributed by atoms with Crippen LogP contribution in [0.2, 0.25) is 0 Å². The van der Waals surface area contributed by atoms with Crippen LogP contribution in [0, 0.1) is 0 Å². The number of nitrogens with one attached hydrogen (secondary N) is 3. The van der Waals surface area contributed by atoms with Crippen LogP contribution in [-0.4, -0.2) is 89.7 Å². The fourth-order valence-corrected chi connectivity index (χ4v) is 3.49. The minimum atomic E-state index is -1.49. The number of aliphatic carboxylic acids is 1. The molecule has 0 aliphatic carbocycles. The number of carbonyl (C=O) groups is 4. The average molecular weight is 565 g/mol. The van der Waals surface area contributed by atoms with Gasteiger partial charge in [0.2, 0.25) is 17.7 Å². The summed E-state index contributed by atoms with van der Waals surface area (Å²) in [5.41, 5.74) is 27.8. The lowest BCUT2D eigenvalue weighted by Crippen LogP contribution is -2.58. The Hall–Kier alpha value is -4.44. The fraction of sp³-hybridized carbons (Fsp3) is 0.500. The van der Waals surface area contributed by atoms with Crippen LogP contribution in [0.5, 0.6) is 0 Å². The van der Waals surface area contributed by atoms with Gasteiger partial charge in [0.15, 0.2) is 11.9 Å². The predicted octanol–water partition coefficient (Wildman–Crippen LogP) is -3.81. The molecule has 0 bridgehead atoms. The van der Waals surface area contributed by atoms with Gasteiger partial charge in [0.05, 0.1) is 12.6 Å². The van der Waals surface area contributed by atoms with Crippen molar-refractivity contribution in [2.75, 3.05) is 19.7 Å². The van der Waals surface area contributed by atoms with Gasteiger partial charge >= 0.3 is 5.97 Å². The van der Waals surface area contributed by atoms with Crippen LogP contribution in [-0.2, 0) is 25.6 Å². The molecule has 40 heavy (non-hydrogen) atoms. The lowest BCUT2D eigenvalue weighted by Gasteiger charge is -2.24. The van der Waals surface area contributed by atoms with Gasteiger partial charge in [-0.15, -0.1) is 0 Å². The summed E-state index contributed by atoms with van der Waals surface area (Å²) in [6, 6.07) is 3.68. The molecule has 0 fully saturated rings. The Morgan fingerprint density at radius 2 is 1.25 bits per heavy atom. The van der Waals surface area contributed by atoms with E-state index in [1.165, 1.54) is 0 Å². The van der Waals surface area contributed by atoms with Crippen LogP contribution in [0.25, 0.3) is 0 Å². The summed E-state index contributed by atoms with van der Waals surface area (Å²) in [5, 5.41) is 26.5. The molecule has 0 aliphatic heterocycles. The van der Waals surface area contributed by atoms with Gasteiger partial charge in [-0.2, -0.15) is 0 Å². The molecule has 0 heterocycles. The van der Waals surface area contributed by atoms with Gasteiger partial charge in [0.1, 0.15) is 18.1 Å². The van der Waals surface area contributed by atoms with Crippen molar-refractivity contribution in [1.29, 1.82) is 0 Å². The molecular weight excluding hydrogens is 524 g/mol. The number of amides is 3. The Kier molecular flexibility index (Phi) is 15.1. The highest BCUT2D eigenvalue weighted by molar-refractivity contribution is 5.94. The van der Waals surface area contributed by atoms with Crippen molar-refractivity contribution < 1.29 is 29.4 Å². The van der Waals surface area contributed by atoms with E-state index in [2.05, 4.69) is 25.9 Å². The second-order valence-electron chi connectivity index (χ2n) is 8.90. The molecule has 0 unspecified atom stereocenters. The number of nitrogens with zero attached hydrogens (tertiary/aromatic N) is 2. The molecule has 0 saturated heterocycles. The Balaban J connectivity index is 2.88. The van der Waals surface area contributed by atoms with E-state index in [0.717, 1.165) is 0 Å². The van der Waals surface area contributed by atoms with Crippen molar-refractivity contribution in [2.24, 2.45) is 38.7 Å². The minimum Gasteiger partial charge on any atom is -0.480 e. The number of hydrogen-bond donors (Lipinski definition) is 10. The Morgan fingerprint density at radius 1 is 0.750 bits per heavy atom. The molecule has 222 valence electrons. The third-order valence-corrected chi connectivity index (χ3v) is 5.60. The van der Waals surface area contributed by atoms with Crippen LogP contribution >= 0.6 is 0 Å². The van der Waals surface area contributed by atoms with Gasteiger partial charge in [-0.1, -0.05) is 30.3 Å². The first-order valence-corrected chi connectivity index (χ1v) is 12.6. The first kappa shape index (κ1) is 33.6. The van der Waals surface area contributed by atoms with Crippen molar-refractivity contribution >= 4 is 35.6 Å². The second-order valence-corrected chi connectivity index (χ2v) is 8.90. The van der Waals surface area contributed by atoms with Crippen molar-refractivity contribution in [2.45, 2.75) is 56.3 Å². The summed E-state index contributed by atoms with van der Waals surface area (Å²) < 4.78 is 0. The van der Waals surface area contributed by atoms with Crippen molar-refractivity contribution in [1.82, 2.24) is 16.0 Å². The van der Waals surface area contributed by atoms with Gasteiger partial charge in [-0.3, -0.25) is 24.4 Å². The number of guanidine groups is 2. The van der Waals surface area contributed by atoms with Gasteiger partial charge in [-0.05, 0) is 31.2 Å². The Morgan fingerprint density at radius 3 is 1.77 bits per heavy atom. The van der Waals surface area contributed by atoms with Crippen molar-refractivity contribution in [3.63, 3.8) is 0 Å². The third kappa shape index (κ3) is 13.4. The number of aliphatic hydroxyl groups is 1. The summed E-state index contributed by atoms with van der Waals surface area (Å²) in [7, 11) is 0. The van der Waals surface area contributed by atoms with Crippen LogP contribution in [0.1, 0.15) is 31.2 Å². The van der Waals surface area contributed by atoms with E-state index in [4.69, 9.17) is 28.7 Å². The number of carboxylic acid groups (broad SMARTS) is 1. The average Bonchev–Trinajstić information content (AvgIpc) is 2.90. The highest BCUT2D eigenvalue weighted by Crippen LogP contribution is 2.05. The number of carbonyl (C=O) groups excluding carboxylic acids is 3. The zero-order valence-electron chi connectivity index (χ0n) is 22.2. The standard InChI is InChI=1S/C24H40N10O6/c25-15(8-4-10-30-23(26)27)19(36)32-16(9-5-11-31-24(28)29)20(37)34-18(13-35)21(38)33-17(22(39)40)12-14-6-2-1-3-7-14/h1-3,6-7,15-18,35H,4-5,8-13,25H2,(H,32,36)(H,33,38)(H,34,37)(H,39,40)(H4,26,27,30)(H4,28,29,31)/t15-,16-,17-,18-/m0/s1. The van der Waals surface area contributed by atoms with Crippen LogP contribution < -0.4 is 44.6 Å². The molecular formula is C24H40N10O6. The number of benzene rings is 1. The zero-order chi connectivity index (χ0) is 30.1. The van der Waals surface area contributed by atoms with E-state index in [9.17, 15) is 29.4 Å². The highest BCUT2D eigenvalue weighted by Gasteiger charge is 2.30. The lowest BCUT2D eigenvalue weighted by atomic mass is 10.1. The summed E-state index contributed by atoms with van der Waals surface area (Å²) >= 11 is 0. The SMILES string of the molecule is NC(N)=NCCC[C@H](NC(=O)[C@@H](N)CCCN=C(N)N)C(=O)N[C@@H](CO)C(=O)N[C@@H](Cc1ccccc1)C(=O)O.